The number of benzene rings is 1. The third kappa shape index (κ3) is 5.67. The van der Waals surface area contributed by atoms with Gasteiger partial charge in [-0.25, -0.2) is 4.98 Å². The molecule has 0 unspecified atom stereocenters. The Morgan fingerprint density at radius 3 is 2.89 bits per heavy atom. The van der Waals surface area contributed by atoms with Crippen molar-refractivity contribution in [1.82, 2.24) is 20.0 Å². The number of anilines is 1. The number of aliphatic imine (C=N–C) groups is 1. The minimum atomic E-state index is -0.931. The van der Waals surface area contributed by atoms with E-state index in [1.807, 2.05) is 6.07 Å². The summed E-state index contributed by atoms with van der Waals surface area (Å²) < 4.78 is 12.6. The Hall–Kier alpha value is -4.30. The Morgan fingerprint density at radius 1 is 1.31 bits per heavy atom. The van der Waals surface area contributed by atoms with Gasteiger partial charge < -0.3 is 31.8 Å². The Balaban J connectivity index is 1.40. The lowest BCUT2D eigenvalue weighted by molar-refractivity contribution is -0.137. The lowest BCUT2D eigenvalue weighted by Crippen LogP contribution is -2.41. The molecule has 3 aromatic rings. The Morgan fingerprint density at radius 2 is 2.14 bits per heavy atom. The van der Waals surface area contributed by atoms with Crippen molar-refractivity contribution in [1.29, 1.82) is 0 Å². The lowest BCUT2D eigenvalue weighted by atomic mass is 9.78. The number of nitrogens with one attached hydrogen (secondary N) is 1. The molecule has 0 spiro atoms. The third-order valence-corrected chi connectivity index (χ3v) is 5.52. The minimum absolute atomic E-state index is 0.0158. The zero-order valence-electron chi connectivity index (χ0n) is 19.6. The summed E-state index contributed by atoms with van der Waals surface area (Å²) in [5.74, 6) is -0.507. The summed E-state index contributed by atoms with van der Waals surface area (Å²) in [7, 11) is -0.931. The lowest BCUT2D eigenvalue weighted by Gasteiger charge is -2.14. The van der Waals surface area contributed by atoms with Crippen LogP contribution in [0.2, 0.25) is 0 Å². The summed E-state index contributed by atoms with van der Waals surface area (Å²) in [4.78, 5) is 33.4. The van der Waals surface area contributed by atoms with E-state index in [2.05, 4.69) is 25.6 Å². The van der Waals surface area contributed by atoms with Gasteiger partial charge in [-0.05, 0) is 49.6 Å². The van der Waals surface area contributed by atoms with Crippen LogP contribution in [0.25, 0.3) is 5.82 Å². The number of carbonyl (C=O) groups excluding carboxylic acids is 2. The van der Waals surface area contributed by atoms with Crippen molar-refractivity contribution in [3.05, 3.63) is 59.5 Å². The fourth-order valence-corrected chi connectivity index (χ4v) is 3.63. The van der Waals surface area contributed by atoms with Crippen LogP contribution >= 0.6 is 0 Å². The van der Waals surface area contributed by atoms with Crippen LogP contribution in [0.4, 0.5) is 5.69 Å². The van der Waals surface area contributed by atoms with Crippen molar-refractivity contribution < 1.29 is 18.9 Å². The van der Waals surface area contributed by atoms with E-state index in [0.717, 1.165) is 5.56 Å². The number of guanidine groups is 1. The zero-order valence-corrected chi connectivity index (χ0v) is 19.6. The number of hydrogen-bond donors (Lipinski definition) is 4. The number of fused-ring (bicyclic) bond motifs is 1. The topological polar surface area (TPSA) is 199 Å². The van der Waals surface area contributed by atoms with Crippen LogP contribution in [0.1, 0.15) is 34.6 Å². The molecule has 3 heterocycles. The van der Waals surface area contributed by atoms with Gasteiger partial charge in [0.05, 0.1) is 12.3 Å². The second-order valence-electron chi connectivity index (χ2n) is 8.13. The predicted molar refractivity (Wildman–Crippen MR) is 132 cm³/mol. The molecule has 0 saturated carbocycles. The molecule has 2 aromatic heterocycles. The van der Waals surface area contributed by atoms with Gasteiger partial charge in [0.2, 0.25) is 0 Å². The average Bonchev–Trinajstić information content (AvgIpc) is 3.45. The first kappa shape index (κ1) is 24.8. The van der Waals surface area contributed by atoms with E-state index in [4.69, 9.17) is 26.5 Å². The number of hydrogen-bond acceptors (Lipinski definition) is 9. The van der Waals surface area contributed by atoms with Crippen LogP contribution in [-0.2, 0) is 20.7 Å². The van der Waals surface area contributed by atoms with Gasteiger partial charge in [0.15, 0.2) is 17.5 Å². The summed E-state index contributed by atoms with van der Waals surface area (Å²) in [5.41, 5.74) is 19.1. The van der Waals surface area contributed by atoms with Crippen molar-refractivity contribution in [2.75, 3.05) is 11.9 Å². The summed E-state index contributed by atoms with van der Waals surface area (Å²) >= 11 is 0. The van der Waals surface area contributed by atoms with Gasteiger partial charge in [-0.2, -0.15) is 4.68 Å². The average molecular weight is 491 g/mol. The molecule has 0 saturated heterocycles. The number of nitrogens with two attached hydrogens (primary N) is 3. The van der Waals surface area contributed by atoms with Gasteiger partial charge in [-0.15, -0.1) is 5.10 Å². The van der Waals surface area contributed by atoms with Gasteiger partial charge in [-0.1, -0.05) is 17.3 Å². The highest BCUT2D eigenvalue weighted by molar-refractivity contribution is 6.64. The fourth-order valence-electron chi connectivity index (χ4n) is 3.63. The second kappa shape index (κ2) is 11.0. The smallest absolute Gasteiger partial charge is 0.505 e. The van der Waals surface area contributed by atoms with Crippen molar-refractivity contribution in [3.63, 3.8) is 0 Å². The van der Waals surface area contributed by atoms with Crippen LogP contribution in [0.5, 0.6) is 0 Å². The molecule has 1 atom stereocenters. The van der Waals surface area contributed by atoms with Crippen molar-refractivity contribution in [3.8, 4) is 5.82 Å². The zero-order chi connectivity index (χ0) is 25.7. The molecule has 186 valence electrons. The second-order valence-corrected chi connectivity index (χ2v) is 8.13. The fraction of sp³-hybridized carbons (Fsp3) is 0.273. The van der Waals surface area contributed by atoms with Gasteiger partial charge in [0.25, 0.3) is 5.91 Å². The molecule has 0 fully saturated rings. The van der Waals surface area contributed by atoms with Crippen LogP contribution in [-0.4, -0.2) is 57.5 Å². The van der Waals surface area contributed by atoms with Crippen LogP contribution in [0.15, 0.2) is 47.6 Å². The maximum atomic E-state index is 12.9. The van der Waals surface area contributed by atoms with Gasteiger partial charge in [0.1, 0.15) is 6.04 Å². The maximum absolute atomic E-state index is 12.9. The third-order valence-electron chi connectivity index (χ3n) is 5.52. The van der Waals surface area contributed by atoms with Gasteiger partial charge >= 0.3 is 13.1 Å². The molecule has 7 N–H and O–H groups in total. The number of amides is 1. The molecule has 4 rings (SSSR count). The summed E-state index contributed by atoms with van der Waals surface area (Å²) in [6, 6.07) is 9.75. The predicted octanol–water partition coefficient (Wildman–Crippen LogP) is -0.627. The molecule has 1 aliphatic rings. The highest BCUT2D eigenvalue weighted by atomic mass is 16.6. The Kier molecular flexibility index (Phi) is 7.56. The first-order valence-corrected chi connectivity index (χ1v) is 11.2. The molecule has 0 radical (unpaired) electrons. The van der Waals surface area contributed by atoms with Gasteiger partial charge in [-0.3, -0.25) is 14.6 Å². The van der Waals surface area contributed by atoms with Crippen LogP contribution < -0.4 is 28.0 Å². The quantitative estimate of drug-likeness (QED) is 0.129. The summed E-state index contributed by atoms with van der Waals surface area (Å²) in [5, 5.41) is 10.8. The molecule has 13 nitrogen and oxygen atoms in total. The number of rotatable bonds is 9. The number of nitrogens with zero attached hydrogens (tertiary/aromatic N) is 5. The van der Waals surface area contributed by atoms with Crippen LogP contribution in [0.3, 0.4) is 0 Å². The molecular weight excluding hydrogens is 465 g/mol. The van der Waals surface area contributed by atoms with E-state index in [-0.39, 0.29) is 18.3 Å². The highest BCUT2D eigenvalue weighted by Gasteiger charge is 2.36. The molecule has 1 aromatic carbocycles. The number of aromatic nitrogens is 4. The maximum Gasteiger partial charge on any atom is 0.565 e. The number of carbonyl (C=O) groups is 2. The van der Waals surface area contributed by atoms with Gasteiger partial charge in [0, 0.05) is 23.9 Å². The number of pyridine rings is 1. The highest BCUT2D eigenvalue weighted by Crippen LogP contribution is 2.18. The minimum Gasteiger partial charge on any atom is -0.505 e. The SMILES string of the molecule is Cc1c(C(=O)Nc2ccc3c(c2)B(OC(=O)[C@@H](N)CCCN=C(N)N)OC3)nnn1-c1ccccn1. The van der Waals surface area contributed by atoms with E-state index in [9.17, 15) is 9.59 Å². The molecule has 1 amide bonds. The molecular formula is C22H26BN9O4. The van der Waals surface area contributed by atoms with E-state index in [1.165, 1.54) is 4.68 Å². The Bertz CT molecular complexity index is 1280. The van der Waals surface area contributed by atoms with Crippen molar-refractivity contribution >= 4 is 36.1 Å². The molecule has 0 aliphatic carbocycles. The normalized spacial score (nSPS) is 13.1. The first-order valence-electron chi connectivity index (χ1n) is 11.2. The van der Waals surface area contributed by atoms with E-state index >= 15 is 0 Å². The summed E-state index contributed by atoms with van der Waals surface area (Å²) in [6.07, 6.45) is 2.51. The molecule has 1 aliphatic heterocycles. The van der Waals surface area contributed by atoms with Crippen molar-refractivity contribution in [2.24, 2.45) is 22.2 Å². The monoisotopic (exact) mass is 491 g/mol. The van der Waals surface area contributed by atoms with E-state index in [0.29, 0.717) is 42.0 Å². The van der Waals surface area contributed by atoms with E-state index in [1.54, 1.807) is 43.5 Å². The molecule has 14 heteroatoms. The Labute approximate surface area is 207 Å². The van der Waals surface area contributed by atoms with E-state index < -0.39 is 25.0 Å². The standard InChI is InChI=1S/C22H26BN9O4/c1-13-19(30-31-32(13)18-6-2-3-9-27-18)20(33)29-15-8-7-14-12-35-23(16(14)11-15)36-21(34)17(24)5-4-10-28-22(25)26/h2-3,6-9,11,17H,4-5,10,12,24H2,1H3,(H,29,33)(H4,25,26,28)/t17-/m0/s1. The molecule has 36 heavy (non-hydrogen) atoms. The van der Waals surface area contributed by atoms with Crippen molar-refractivity contribution in [2.45, 2.75) is 32.4 Å². The first-order chi connectivity index (χ1) is 17.3. The largest absolute Gasteiger partial charge is 0.565 e. The molecule has 0 bridgehead atoms. The summed E-state index contributed by atoms with van der Waals surface area (Å²) in [6.45, 7) is 2.36. The van der Waals surface area contributed by atoms with Crippen LogP contribution in [0, 0.1) is 6.92 Å².